The van der Waals surface area contributed by atoms with Gasteiger partial charge >= 0.3 is 6.03 Å². The van der Waals surface area contributed by atoms with Gasteiger partial charge in [0.2, 0.25) is 5.91 Å². The van der Waals surface area contributed by atoms with Gasteiger partial charge in [-0.15, -0.1) is 0 Å². The third-order valence-electron chi connectivity index (χ3n) is 5.55. The van der Waals surface area contributed by atoms with Gasteiger partial charge in [0.1, 0.15) is 6.04 Å². The number of ether oxygens (including phenoxy) is 1. The summed E-state index contributed by atoms with van der Waals surface area (Å²) in [7, 11) is 0. The van der Waals surface area contributed by atoms with Crippen molar-refractivity contribution in [2.75, 3.05) is 32.8 Å². The molecule has 3 rings (SSSR count). The van der Waals surface area contributed by atoms with Gasteiger partial charge in [-0.2, -0.15) is 5.26 Å². The molecule has 7 heteroatoms. The number of amides is 3. The van der Waals surface area contributed by atoms with E-state index in [-0.39, 0.29) is 11.9 Å². The monoisotopic (exact) mass is 398 g/mol. The van der Waals surface area contributed by atoms with E-state index in [1.54, 1.807) is 9.80 Å². The fraction of sp³-hybridized carbons (Fsp3) is 0.591. The van der Waals surface area contributed by atoms with E-state index in [1.807, 2.05) is 18.2 Å². The minimum Gasteiger partial charge on any atom is -0.378 e. The molecule has 1 saturated heterocycles. The second-order valence-corrected chi connectivity index (χ2v) is 8.13. The van der Waals surface area contributed by atoms with Gasteiger partial charge in [-0.05, 0) is 35.4 Å². The summed E-state index contributed by atoms with van der Waals surface area (Å²) in [6, 6.07) is 7.43. The topological polar surface area (TPSA) is 85.7 Å². The van der Waals surface area contributed by atoms with Crippen LogP contribution in [-0.4, -0.2) is 60.6 Å². The molecular weight excluding hydrogens is 368 g/mol. The standard InChI is InChI=1S/C22H30N4O3/c1-16(2)14-20(21(27)25-10-12-29-13-11-25)24-22(28)26-9-7-19-17(6-8-23)4-3-5-18(19)15-26/h3-5,16,20H,6-7,9-15H2,1-2H3,(H,24,28)/t20-/m0/s1. The van der Waals surface area contributed by atoms with Crippen LogP contribution in [0.1, 0.15) is 37.0 Å². The van der Waals surface area contributed by atoms with Gasteiger partial charge in [0, 0.05) is 26.2 Å². The highest BCUT2D eigenvalue weighted by atomic mass is 16.5. The molecular formula is C22H30N4O3. The Balaban J connectivity index is 1.67. The van der Waals surface area contributed by atoms with Gasteiger partial charge in [-0.3, -0.25) is 4.79 Å². The van der Waals surface area contributed by atoms with E-state index in [4.69, 9.17) is 10.00 Å². The number of carbonyl (C=O) groups excluding carboxylic acids is 2. The van der Waals surface area contributed by atoms with Crippen LogP contribution in [0.4, 0.5) is 4.79 Å². The quantitative estimate of drug-likeness (QED) is 0.823. The van der Waals surface area contributed by atoms with E-state index in [0.29, 0.717) is 58.2 Å². The van der Waals surface area contributed by atoms with Crippen LogP contribution in [0.5, 0.6) is 0 Å². The number of nitrogens with one attached hydrogen (secondary N) is 1. The van der Waals surface area contributed by atoms with Crippen LogP contribution in [0.25, 0.3) is 0 Å². The van der Waals surface area contributed by atoms with E-state index in [1.165, 1.54) is 5.56 Å². The van der Waals surface area contributed by atoms with E-state index < -0.39 is 6.04 Å². The number of carbonyl (C=O) groups is 2. The molecule has 7 nitrogen and oxygen atoms in total. The summed E-state index contributed by atoms with van der Waals surface area (Å²) in [6.45, 7) is 7.43. The van der Waals surface area contributed by atoms with Crippen molar-refractivity contribution in [3.05, 3.63) is 34.9 Å². The summed E-state index contributed by atoms with van der Waals surface area (Å²) in [5.74, 6) is 0.268. The number of fused-ring (bicyclic) bond motifs is 1. The summed E-state index contributed by atoms with van der Waals surface area (Å²) in [6.07, 6.45) is 1.73. The highest BCUT2D eigenvalue weighted by Crippen LogP contribution is 2.23. The molecule has 156 valence electrons. The maximum absolute atomic E-state index is 13.0. The lowest BCUT2D eigenvalue weighted by Gasteiger charge is -2.34. The Morgan fingerprint density at radius 3 is 2.66 bits per heavy atom. The number of hydrogen-bond donors (Lipinski definition) is 1. The average molecular weight is 399 g/mol. The Kier molecular flexibility index (Phi) is 7.10. The molecule has 0 spiro atoms. The van der Waals surface area contributed by atoms with Crippen molar-refractivity contribution in [3.63, 3.8) is 0 Å². The van der Waals surface area contributed by atoms with Gasteiger partial charge < -0.3 is 19.9 Å². The van der Waals surface area contributed by atoms with Gasteiger partial charge in [0.15, 0.2) is 0 Å². The van der Waals surface area contributed by atoms with Crippen LogP contribution in [0.15, 0.2) is 18.2 Å². The first kappa shape index (κ1) is 21.1. The first-order chi connectivity index (χ1) is 14.0. The van der Waals surface area contributed by atoms with Crippen molar-refractivity contribution in [3.8, 4) is 6.07 Å². The van der Waals surface area contributed by atoms with Gasteiger partial charge in [-0.1, -0.05) is 32.0 Å². The van der Waals surface area contributed by atoms with Crippen LogP contribution < -0.4 is 5.32 Å². The molecule has 0 radical (unpaired) electrons. The number of rotatable bonds is 5. The van der Waals surface area contributed by atoms with Gasteiger partial charge in [-0.25, -0.2) is 4.79 Å². The zero-order valence-corrected chi connectivity index (χ0v) is 17.3. The fourth-order valence-corrected chi connectivity index (χ4v) is 4.05. The Hall–Kier alpha value is -2.59. The number of nitrogens with zero attached hydrogens (tertiary/aromatic N) is 3. The van der Waals surface area contributed by atoms with E-state index in [0.717, 1.165) is 17.5 Å². The molecule has 1 aromatic carbocycles. The highest BCUT2D eigenvalue weighted by molar-refractivity contribution is 5.87. The number of nitriles is 1. The maximum atomic E-state index is 13.0. The lowest BCUT2D eigenvalue weighted by Crippen LogP contribution is -2.55. The number of hydrogen-bond acceptors (Lipinski definition) is 4. The minimum absolute atomic E-state index is 0.0240. The molecule has 1 fully saturated rings. The number of urea groups is 1. The van der Waals surface area contributed by atoms with Crippen molar-refractivity contribution in [1.82, 2.24) is 15.1 Å². The van der Waals surface area contributed by atoms with Crippen molar-refractivity contribution in [2.24, 2.45) is 5.92 Å². The first-order valence-corrected chi connectivity index (χ1v) is 10.4. The van der Waals surface area contributed by atoms with Crippen molar-refractivity contribution in [2.45, 2.75) is 45.7 Å². The van der Waals surface area contributed by atoms with Gasteiger partial charge in [0.05, 0.1) is 25.7 Å². The fourth-order valence-electron chi connectivity index (χ4n) is 4.05. The van der Waals surface area contributed by atoms with Crippen molar-refractivity contribution in [1.29, 1.82) is 5.26 Å². The molecule has 1 aromatic rings. The SMILES string of the molecule is CC(C)C[C@H](NC(=O)N1CCc2c(CC#N)cccc2C1)C(=O)N1CCOCC1. The molecule has 2 aliphatic rings. The molecule has 0 saturated carbocycles. The molecule has 0 aliphatic carbocycles. The molecule has 0 unspecified atom stereocenters. The number of morpholine rings is 1. The highest BCUT2D eigenvalue weighted by Gasteiger charge is 2.30. The Labute approximate surface area is 172 Å². The molecule has 1 N–H and O–H groups in total. The van der Waals surface area contributed by atoms with Gasteiger partial charge in [0.25, 0.3) is 0 Å². The predicted octanol–water partition coefficient (Wildman–Crippen LogP) is 2.09. The van der Waals surface area contributed by atoms with Crippen LogP contribution in [0.3, 0.4) is 0 Å². The molecule has 3 amide bonds. The van der Waals surface area contributed by atoms with E-state index in [2.05, 4.69) is 25.2 Å². The van der Waals surface area contributed by atoms with Crippen molar-refractivity contribution >= 4 is 11.9 Å². The van der Waals surface area contributed by atoms with Crippen LogP contribution in [-0.2, 0) is 28.9 Å². The zero-order chi connectivity index (χ0) is 20.8. The largest absolute Gasteiger partial charge is 0.378 e. The smallest absolute Gasteiger partial charge is 0.318 e. The Bertz CT molecular complexity index is 781. The first-order valence-electron chi connectivity index (χ1n) is 10.4. The Morgan fingerprint density at radius 1 is 1.21 bits per heavy atom. The lowest BCUT2D eigenvalue weighted by atomic mass is 9.93. The second-order valence-electron chi connectivity index (χ2n) is 8.13. The number of benzene rings is 1. The summed E-state index contributed by atoms with van der Waals surface area (Å²) in [5.41, 5.74) is 3.31. The normalized spacial score (nSPS) is 17.4. The second kappa shape index (κ2) is 9.75. The summed E-state index contributed by atoms with van der Waals surface area (Å²) >= 11 is 0. The minimum atomic E-state index is -0.521. The third kappa shape index (κ3) is 5.27. The lowest BCUT2D eigenvalue weighted by molar-refractivity contribution is -0.137. The molecule has 1 atom stereocenters. The summed E-state index contributed by atoms with van der Waals surface area (Å²) in [4.78, 5) is 29.5. The molecule has 29 heavy (non-hydrogen) atoms. The van der Waals surface area contributed by atoms with E-state index >= 15 is 0 Å². The molecule has 0 bridgehead atoms. The van der Waals surface area contributed by atoms with Crippen LogP contribution in [0.2, 0.25) is 0 Å². The maximum Gasteiger partial charge on any atom is 0.318 e. The zero-order valence-electron chi connectivity index (χ0n) is 17.3. The van der Waals surface area contributed by atoms with Crippen LogP contribution >= 0.6 is 0 Å². The predicted molar refractivity (Wildman–Crippen MR) is 109 cm³/mol. The molecule has 0 aromatic heterocycles. The Morgan fingerprint density at radius 2 is 1.97 bits per heavy atom. The van der Waals surface area contributed by atoms with E-state index in [9.17, 15) is 9.59 Å². The molecule has 2 aliphatic heterocycles. The molecule has 2 heterocycles. The summed E-state index contributed by atoms with van der Waals surface area (Å²) < 4.78 is 5.34. The van der Waals surface area contributed by atoms with Crippen molar-refractivity contribution < 1.29 is 14.3 Å². The summed E-state index contributed by atoms with van der Waals surface area (Å²) in [5, 5.41) is 12.0. The average Bonchev–Trinajstić information content (AvgIpc) is 2.73. The van der Waals surface area contributed by atoms with Crippen LogP contribution in [0, 0.1) is 17.2 Å². The third-order valence-corrected chi connectivity index (χ3v) is 5.55.